The van der Waals surface area contributed by atoms with Crippen molar-refractivity contribution in [2.45, 2.75) is 122 Å². The standard InChI is InChI=1S/C24H41O2/c1-2-3-4-5-6-7-8-9-10-11-12-13-14-15-16-17-18-22-21-23(25)19-20-24(22)26/h19-20H,2-18,21H2,1H3. The second-order valence-electron chi connectivity index (χ2n) is 8.00. The smallest absolute Gasteiger partial charge is 0.163 e. The molecule has 1 rings (SSSR count). The van der Waals surface area contributed by atoms with Gasteiger partial charge in [-0.1, -0.05) is 110 Å². The molecule has 0 aromatic carbocycles. The number of hydrogen-bond acceptors (Lipinski definition) is 2. The van der Waals surface area contributed by atoms with E-state index in [9.17, 15) is 9.59 Å². The van der Waals surface area contributed by atoms with Gasteiger partial charge in [-0.2, -0.15) is 0 Å². The van der Waals surface area contributed by atoms with E-state index in [-0.39, 0.29) is 11.6 Å². The van der Waals surface area contributed by atoms with Gasteiger partial charge in [0.1, 0.15) is 0 Å². The van der Waals surface area contributed by atoms with Gasteiger partial charge in [-0.3, -0.25) is 9.59 Å². The predicted octanol–water partition coefficient (Wildman–Crippen LogP) is 7.31. The van der Waals surface area contributed by atoms with Crippen LogP contribution in [0.3, 0.4) is 0 Å². The molecule has 0 amide bonds. The van der Waals surface area contributed by atoms with Gasteiger partial charge in [0.2, 0.25) is 0 Å². The van der Waals surface area contributed by atoms with Gasteiger partial charge < -0.3 is 0 Å². The van der Waals surface area contributed by atoms with Crippen molar-refractivity contribution < 1.29 is 9.59 Å². The van der Waals surface area contributed by atoms with Crippen LogP contribution in [0, 0.1) is 5.92 Å². The Hall–Kier alpha value is -0.920. The van der Waals surface area contributed by atoms with Crippen LogP contribution in [0.25, 0.3) is 0 Å². The number of unbranched alkanes of at least 4 members (excludes halogenated alkanes) is 15. The van der Waals surface area contributed by atoms with Crippen LogP contribution in [0.5, 0.6) is 0 Å². The van der Waals surface area contributed by atoms with Crippen LogP contribution in [0.1, 0.15) is 122 Å². The van der Waals surface area contributed by atoms with E-state index in [1.165, 1.54) is 108 Å². The monoisotopic (exact) mass is 361 g/mol. The lowest BCUT2D eigenvalue weighted by molar-refractivity contribution is -0.119. The molecule has 0 fully saturated rings. The van der Waals surface area contributed by atoms with Gasteiger partial charge in [0.15, 0.2) is 11.6 Å². The summed E-state index contributed by atoms with van der Waals surface area (Å²) < 4.78 is 0. The largest absolute Gasteiger partial charge is 0.295 e. The van der Waals surface area contributed by atoms with E-state index in [2.05, 4.69) is 6.92 Å². The van der Waals surface area contributed by atoms with Crippen molar-refractivity contribution >= 4 is 11.6 Å². The van der Waals surface area contributed by atoms with E-state index in [1.54, 1.807) is 0 Å². The van der Waals surface area contributed by atoms with Gasteiger partial charge in [-0.25, -0.2) is 0 Å². The minimum absolute atomic E-state index is 0.0746. The number of rotatable bonds is 17. The van der Waals surface area contributed by atoms with E-state index < -0.39 is 0 Å². The summed E-state index contributed by atoms with van der Waals surface area (Å²) in [5.74, 6) is 0.976. The Balaban J connectivity index is 1.77. The van der Waals surface area contributed by atoms with Crippen LogP contribution < -0.4 is 0 Å². The highest BCUT2D eigenvalue weighted by Crippen LogP contribution is 2.22. The molecule has 0 aromatic rings. The summed E-state index contributed by atoms with van der Waals surface area (Å²) >= 11 is 0. The SMILES string of the molecule is CCCCCCCCCCCCCCCCCC[C]1CC(=O)C=CC1=O. The first-order valence-electron chi connectivity index (χ1n) is 11.3. The van der Waals surface area contributed by atoms with E-state index in [4.69, 9.17) is 0 Å². The summed E-state index contributed by atoms with van der Waals surface area (Å²) in [7, 11) is 0. The summed E-state index contributed by atoms with van der Waals surface area (Å²) in [6, 6.07) is 0. The third-order valence-corrected chi connectivity index (χ3v) is 5.49. The fourth-order valence-electron chi connectivity index (χ4n) is 3.74. The molecule has 0 spiro atoms. The summed E-state index contributed by atoms with van der Waals surface area (Å²) in [6.07, 6.45) is 25.8. The van der Waals surface area contributed by atoms with Gasteiger partial charge in [-0.15, -0.1) is 0 Å². The van der Waals surface area contributed by atoms with Crippen LogP contribution in [-0.2, 0) is 9.59 Å². The summed E-state index contributed by atoms with van der Waals surface area (Å²) in [4.78, 5) is 23.0. The first-order chi connectivity index (χ1) is 12.7. The summed E-state index contributed by atoms with van der Waals surface area (Å²) in [5.41, 5.74) is 0. The molecule has 2 nitrogen and oxygen atoms in total. The molecule has 0 heterocycles. The normalized spacial score (nSPS) is 15.1. The van der Waals surface area contributed by atoms with E-state index in [0.717, 1.165) is 18.8 Å². The predicted molar refractivity (Wildman–Crippen MR) is 111 cm³/mol. The zero-order chi connectivity index (χ0) is 18.9. The molecule has 0 aliphatic heterocycles. The maximum absolute atomic E-state index is 11.7. The average Bonchev–Trinajstić information content (AvgIpc) is 2.64. The molecule has 0 aromatic heterocycles. The fraction of sp³-hybridized carbons (Fsp3) is 0.792. The lowest BCUT2D eigenvalue weighted by atomic mass is 9.87. The molecule has 26 heavy (non-hydrogen) atoms. The molecule has 1 aliphatic carbocycles. The summed E-state index contributed by atoms with van der Waals surface area (Å²) in [5, 5.41) is 0. The molecular weight excluding hydrogens is 320 g/mol. The average molecular weight is 362 g/mol. The zero-order valence-corrected chi connectivity index (χ0v) is 17.2. The molecule has 149 valence electrons. The lowest BCUT2D eigenvalue weighted by Gasteiger charge is -2.14. The quantitative estimate of drug-likeness (QED) is 0.254. The lowest BCUT2D eigenvalue weighted by Crippen LogP contribution is -2.18. The molecule has 1 aliphatic rings. The topological polar surface area (TPSA) is 34.1 Å². The molecule has 1 radical (unpaired) electrons. The van der Waals surface area contributed by atoms with E-state index in [1.807, 2.05) is 0 Å². The Morgan fingerprint density at radius 2 is 1.04 bits per heavy atom. The van der Waals surface area contributed by atoms with Crippen molar-refractivity contribution in [3.63, 3.8) is 0 Å². The van der Waals surface area contributed by atoms with Crippen molar-refractivity contribution in [3.8, 4) is 0 Å². The van der Waals surface area contributed by atoms with E-state index in [0.29, 0.717) is 6.42 Å². The number of ketones is 2. The molecule has 0 saturated heterocycles. The maximum Gasteiger partial charge on any atom is 0.163 e. The Morgan fingerprint density at radius 1 is 0.615 bits per heavy atom. The summed E-state index contributed by atoms with van der Waals surface area (Å²) in [6.45, 7) is 2.28. The van der Waals surface area contributed by atoms with Gasteiger partial charge in [0, 0.05) is 6.42 Å². The third kappa shape index (κ3) is 12.4. The highest BCUT2D eigenvalue weighted by Gasteiger charge is 2.22. The number of carbonyl (C=O) groups excluding carboxylic acids is 2. The Kier molecular flexibility index (Phi) is 14.5. The van der Waals surface area contributed by atoms with Crippen molar-refractivity contribution in [2.75, 3.05) is 0 Å². The Morgan fingerprint density at radius 3 is 1.50 bits per heavy atom. The van der Waals surface area contributed by atoms with Crippen molar-refractivity contribution in [1.29, 1.82) is 0 Å². The molecule has 0 atom stereocenters. The Labute approximate surface area is 162 Å². The maximum atomic E-state index is 11.7. The van der Waals surface area contributed by atoms with Crippen molar-refractivity contribution in [3.05, 3.63) is 18.1 Å². The molecular formula is C24H41O2. The van der Waals surface area contributed by atoms with Crippen LogP contribution in [0.2, 0.25) is 0 Å². The molecule has 0 saturated carbocycles. The van der Waals surface area contributed by atoms with Crippen molar-refractivity contribution in [1.82, 2.24) is 0 Å². The van der Waals surface area contributed by atoms with Crippen molar-refractivity contribution in [2.24, 2.45) is 0 Å². The van der Waals surface area contributed by atoms with Crippen LogP contribution in [0.4, 0.5) is 0 Å². The Bertz CT molecular complexity index is 397. The fourth-order valence-corrected chi connectivity index (χ4v) is 3.74. The molecule has 0 unspecified atom stereocenters. The van der Waals surface area contributed by atoms with Crippen LogP contribution in [-0.4, -0.2) is 11.6 Å². The second-order valence-corrected chi connectivity index (χ2v) is 8.00. The minimum Gasteiger partial charge on any atom is -0.295 e. The minimum atomic E-state index is 0.0746. The molecule has 0 bridgehead atoms. The zero-order valence-electron chi connectivity index (χ0n) is 17.2. The third-order valence-electron chi connectivity index (χ3n) is 5.49. The number of hydrogen-bond donors (Lipinski definition) is 0. The second kappa shape index (κ2) is 16.3. The van der Waals surface area contributed by atoms with Crippen LogP contribution >= 0.6 is 0 Å². The van der Waals surface area contributed by atoms with Gasteiger partial charge in [0.05, 0.1) is 5.92 Å². The highest BCUT2D eigenvalue weighted by atomic mass is 16.1. The van der Waals surface area contributed by atoms with Gasteiger partial charge >= 0.3 is 0 Å². The van der Waals surface area contributed by atoms with Gasteiger partial charge in [0.25, 0.3) is 0 Å². The highest BCUT2D eigenvalue weighted by molar-refractivity contribution is 6.12. The first-order valence-corrected chi connectivity index (χ1v) is 11.3. The first kappa shape index (κ1) is 23.1. The number of allylic oxidation sites excluding steroid dienone is 2. The molecule has 2 heteroatoms. The molecule has 0 N–H and O–H groups in total. The number of carbonyl (C=O) groups is 2. The van der Waals surface area contributed by atoms with Crippen LogP contribution in [0.15, 0.2) is 12.2 Å². The van der Waals surface area contributed by atoms with E-state index >= 15 is 0 Å². The van der Waals surface area contributed by atoms with Gasteiger partial charge in [-0.05, 0) is 18.6 Å².